The van der Waals surface area contributed by atoms with Gasteiger partial charge in [-0.1, -0.05) is 13.8 Å². The molecule has 4 unspecified atom stereocenters. The number of carbonyl (C=O) groups is 1. The molecule has 1 rings (SSSR count). The summed E-state index contributed by atoms with van der Waals surface area (Å²) < 4.78 is 5.66. The van der Waals surface area contributed by atoms with E-state index < -0.39 is 0 Å². The summed E-state index contributed by atoms with van der Waals surface area (Å²) in [7, 11) is 3.79. The van der Waals surface area contributed by atoms with Crippen molar-refractivity contribution in [2.75, 3.05) is 14.1 Å². The third kappa shape index (κ3) is 2.81. The number of carbonyl (C=O) groups excluding carboxylic acids is 1. The van der Waals surface area contributed by atoms with Crippen LogP contribution in [0.25, 0.3) is 0 Å². The maximum Gasteiger partial charge on any atom is 0.186 e. The Morgan fingerprint density at radius 2 is 1.80 bits per heavy atom. The van der Waals surface area contributed by atoms with Gasteiger partial charge in [0.1, 0.15) is 6.10 Å². The molecule has 0 bridgehead atoms. The van der Waals surface area contributed by atoms with Crippen molar-refractivity contribution in [2.45, 2.75) is 33.0 Å². The van der Waals surface area contributed by atoms with Crippen molar-refractivity contribution < 1.29 is 9.53 Å². The smallest absolute Gasteiger partial charge is 0.186 e. The Bertz CT molecular complexity index is 260. The lowest BCUT2D eigenvalue weighted by atomic mass is 9.89. The Kier molecular flexibility index (Phi) is 3.91. The van der Waals surface area contributed by atoms with Crippen LogP contribution < -0.4 is 0 Å². The average molecular weight is 211 g/mol. The fraction of sp³-hybridized carbons (Fsp3) is 0.750. The van der Waals surface area contributed by atoms with Gasteiger partial charge < -0.3 is 9.64 Å². The molecule has 15 heavy (non-hydrogen) atoms. The first kappa shape index (κ1) is 12.2. The molecule has 0 saturated carbocycles. The molecule has 3 nitrogen and oxygen atoms in total. The molecule has 1 aliphatic heterocycles. The largest absolute Gasteiger partial charge is 0.383 e. The molecule has 0 aliphatic carbocycles. The highest BCUT2D eigenvalue weighted by molar-refractivity contribution is 5.93. The standard InChI is InChI=1S/C12H21NO2/c1-8-9(2)12(15-10(8)3)11(14)6-7-13(4)5/h6-10,12H,1-5H3/b7-6+. The summed E-state index contributed by atoms with van der Waals surface area (Å²) in [6, 6.07) is 0. The minimum absolute atomic E-state index is 0.0763. The second-order valence-corrected chi connectivity index (χ2v) is 4.66. The Morgan fingerprint density at radius 3 is 2.20 bits per heavy atom. The molecule has 0 radical (unpaired) electrons. The highest BCUT2D eigenvalue weighted by Crippen LogP contribution is 2.32. The third-order valence-corrected chi connectivity index (χ3v) is 3.23. The number of ether oxygens (including phenoxy) is 1. The predicted octanol–water partition coefficient (Wildman–Crippen LogP) is 1.69. The fourth-order valence-corrected chi connectivity index (χ4v) is 1.83. The van der Waals surface area contributed by atoms with Crippen LogP contribution in [0.1, 0.15) is 20.8 Å². The predicted molar refractivity (Wildman–Crippen MR) is 60.5 cm³/mol. The van der Waals surface area contributed by atoms with Gasteiger partial charge in [0.2, 0.25) is 0 Å². The minimum atomic E-state index is -0.258. The molecule has 1 aliphatic rings. The third-order valence-electron chi connectivity index (χ3n) is 3.23. The van der Waals surface area contributed by atoms with Gasteiger partial charge in [0.25, 0.3) is 0 Å². The Morgan fingerprint density at radius 1 is 1.20 bits per heavy atom. The summed E-state index contributed by atoms with van der Waals surface area (Å²) in [6.45, 7) is 6.25. The number of nitrogens with zero attached hydrogens (tertiary/aromatic N) is 1. The molecule has 3 heteroatoms. The second-order valence-electron chi connectivity index (χ2n) is 4.66. The monoisotopic (exact) mass is 211 g/mol. The summed E-state index contributed by atoms with van der Waals surface area (Å²) >= 11 is 0. The van der Waals surface area contributed by atoms with Gasteiger partial charge in [-0.2, -0.15) is 0 Å². The summed E-state index contributed by atoms with van der Waals surface area (Å²) in [4.78, 5) is 13.7. The number of ketones is 1. The van der Waals surface area contributed by atoms with Crippen molar-refractivity contribution in [1.82, 2.24) is 4.90 Å². The van der Waals surface area contributed by atoms with Crippen LogP contribution in [0.4, 0.5) is 0 Å². The molecule has 0 aromatic rings. The maximum absolute atomic E-state index is 11.8. The second kappa shape index (κ2) is 4.79. The van der Waals surface area contributed by atoms with Gasteiger partial charge in [0.05, 0.1) is 6.10 Å². The lowest BCUT2D eigenvalue weighted by Gasteiger charge is -2.13. The highest BCUT2D eigenvalue weighted by Gasteiger charge is 2.39. The van der Waals surface area contributed by atoms with Crippen molar-refractivity contribution in [1.29, 1.82) is 0 Å². The van der Waals surface area contributed by atoms with Gasteiger partial charge in [0, 0.05) is 20.3 Å². The van der Waals surface area contributed by atoms with Crippen molar-refractivity contribution in [3.8, 4) is 0 Å². The van der Waals surface area contributed by atoms with Crippen molar-refractivity contribution in [3.63, 3.8) is 0 Å². The zero-order valence-electron chi connectivity index (χ0n) is 10.2. The molecule has 0 spiro atoms. The molecule has 0 N–H and O–H groups in total. The summed E-state index contributed by atoms with van der Waals surface area (Å²) in [5.74, 6) is 0.832. The van der Waals surface area contributed by atoms with E-state index in [4.69, 9.17) is 4.74 Å². The van der Waals surface area contributed by atoms with Gasteiger partial charge in [-0.25, -0.2) is 0 Å². The van der Waals surface area contributed by atoms with E-state index in [1.807, 2.05) is 25.9 Å². The maximum atomic E-state index is 11.8. The van der Waals surface area contributed by atoms with Crippen molar-refractivity contribution in [2.24, 2.45) is 11.8 Å². The van der Waals surface area contributed by atoms with Crippen LogP contribution in [0.2, 0.25) is 0 Å². The number of hydrogen-bond acceptors (Lipinski definition) is 3. The van der Waals surface area contributed by atoms with E-state index in [1.165, 1.54) is 0 Å². The highest BCUT2D eigenvalue weighted by atomic mass is 16.5. The van der Waals surface area contributed by atoms with Crippen molar-refractivity contribution >= 4 is 5.78 Å². The summed E-state index contributed by atoms with van der Waals surface area (Å²) in [5.41, 5.74) is 0. The molecule has 0 amide bonds. The molecule has 1 heterocycles. The SMILES string of the molecule is CC1OC(C(=O)/C=C/N(C)C)C(C)C1C. The van der Waals surface area contributed by atoms with E-state index >= 15 is 0 Å². The van der Waals surface area contributed by atoms with Crippen LogP contribution >= 0.6 is 0 Å². The van der Waals surface area contributed by atoms with E-state index in [9.17, 15) is 4.79 Å². The van der Waals surface area contributed by atoms with Crippen LogP contribution in [0.3, 0.4) is 0 Å². The van der Waals surface area contributed by atoms with Gasteiger partial charge in [0.15, 0.2) is 5.78 Å². The molecule has 4 atom stereocenters. The Balaban J connectivity index is 2.62. The van der Waals surface area contributed by atoms with E-state index in [0.29, 0.717) is 11.8 Å². The van der Waals surface area contributed by atoms with Crippen LogP contribution in [-0.4, -0.2) is 37.0 Å². The first-order valence-electron chi connectivity index (χ1n) is 5.47. The van der Waals surface area contributed by atoms with Gasteiger partial charge >= 0.3 is 0 Å². The quantitative estimate of drug-likeness (QED) is 0.665. The molecule has 1 saturated heterocycles. The summed E-state index contributed by atoms with van der Waals surface area (Å²) in [6.07, 6.45) is 3.30. The van der Waals surface area contributed by atoms with Crippen LogP contribution in [0, 0.1) is 11.8 Å². The van der Waals surface area contributed by atoms with Gasteiger partial charge in [-0.05, 0) is 24.8 Å². The van der Waals surface area contributed by atoms with Crippen molar-refractivity contribution in [3.05, 3.63) is 12.3 Å². The molecule has 1 fully saturated rings. The molecule has 0 aromatic carbocycles. The molecular weight excluding hydrogens is 190 g/mol. The fourth-order valence-electron chi connectivity index (χ4n) is 1.83. The first-order chi connectivity index (χ1) is 6.93. The molecule has 86 valence electrons. The first-order valence-corrected chi connectivity index (χ1v) is 5.47. The van der Waals surface area contributed by atoms with Crippen LogP contribution in [0.5, 0.6) is 0 Å². The van der Waals surface area contributed by atoms with E-state index in [1.54, 1.807) is 12.3 Å². The minimum Gasteiger partial charge on any atom is -0.383 e. The number of rotatable bonds is 3. The Hall–Kier alpha value is -0.830. The topological polar surface area (TPSA) is 29.5 Å². The van der Waals surface area contributed by atoms with Gasteiger partial charge in [-0.15, -0.1) is 0 Å². The Labute approximate surface area is 92.1 Å². The summed E-state index contributed by atoms with van der Waals surface area (Å²) in [5, 5.41) is 0. The lowest BCUT2D eigenvalue weighted by molar-refractivity contribution is -0.126. The zero-order chi connectivity index (χ0) is 11.6. The number of hydrogen-bond donors (Lipinski definition) is 0. The van der Waals surface area contributed by atoms with Crippen LogP contribution in [-0.2, 0) is 9.53 Å². The molecular formula is C12H21NO2. The van der Waals surface area contributed by atoms with E-state index in [0.717, 1.165) is 0 Å². The van der Waals surface area contributed by atoms with Gasteiger partial charge in [-0.3, -0.25) is 4.79 Å². The van der Waals surface area contributed by atoms with E-state index in [2.05, 4.69) is 13.8 Å². The lowest BCUT2D eigenvalue weighted by Crippen LogP contribution is -2.25. The average Bonchev–Trinajstić information content (AvgIpc) is 2.42. The zero-order valence-corrected chi connectivity index (χ0v) is 10.2. The normalized spacial score (nSPS) is 36.1. The molecule has 0 aromatic heterocycles. The van der Waals surface area contributed by atoms with Crippen LogP contribution in [0.15, 0.2) is 12.3 Å². The van der Waals surface area contributed by atoms with E-state index in [-0.39, 0.29) is 18.0 Å².